The van der Waals surface area contributed by atoms with Gasteiger partial charge in [0, 0.05) is 29.6 Å². The standard InChI is InChI=1S/C19H18N2.C18H17BN3.Ir/c1-19(2)12-16-13-20(15-8-4-3-5-9-15)14-21(16)18-11-7-6-10-17(18)19;1-13-7-6-8-14(2)17(13)19-21(3)16-10-5-4-9-15(16)18-20-11-12-22(18)19;/h3-8,10-11,13-14H,12H2,1-2H3;4-8,10-12H,1-3H3;/q-2;-1;+3. The minimum absolute atomic E-state index is 0. The Morgan fingerprint density at radius 1 is 0.864 bits per heavy atom. The van der Waals surface area contributed by atoms with Crippen LogP contribution < -0.4 is 20.1 Å². The van der Waals surface area contributed by atoms with E-state index in [9.17, 15) is 0 Å². The molecule has 0 saturated heterocycles. The van der Waals surface area contributed by atoms with Gasteiger partial charge in [-0.2, -0.15) is 30.3 Å². The zero-order valence-corrected chi connectivity index (χ0v) is 28.1. The minimum Gasteiger partial charge on any atom is -0.500 e. The second-order valence-corrected chi connectivity index (χ2v) is 12.2. The number of hydrogen-bond donors (Lipinski definition) is 0. The second-order valence-electron chi connectivity index (χ2n) is 12.2. The number of nitrogens with zero attached hydrogens (tertiary/aromatic N) is 5. The van der Waals surface area contributed by atoms with Gasteiger partial charge < -0.3 is 19.1 Å². The van der Waals surface area contributed by atoms with Crippen molar-refractivity contribution in [2.75, 3.05) is 21.7 Å². The Balaban J connectivity index is 0.000000153. The van der Waals surface area contributed by atoms with Gasteiger partial charge in [0.15, 0.2) is 0 Å². The molecule has 0 spiro atoms. The molecule has 0 bridgehead atoms. The topological polar surface area (TPSA) is 27.5 Å². The van der Waals surface area contributed by atoms with Gasteiger partial charge in [-0.25, -0.2) is 0 Å². The van der Waals surface area contributed by atoms with Crippen LogP contribution in [0.1, 0.15) is 37.0 Å². The summed E-state index contributed by atoms with van der Waals surface area (Å²) in [5.74, 6) is 0.987. The minimum atomic E-state index is 0. The number of aromatic nitrogens is 2. The molecular formula is C37H35BIrN5. The Labute approximate surface area is 275 Å². The van der Waals surface area contributed by atoms with E-state index in [1.807, 2.05) is 36.5 Å². The largest absolute Gasteiger partial charge is 3.00 e. The van der Waals surface area contributed by atoms with Crippen LogP contribution in [-0.2, 0) is 25.5 Å². The van der Waals surface area contributed by atoms with E-state index in [4.69, 9.17) is 0 Å². The SMILES string of the molecule is CC1(C)CC2=CN(c3[c-]cccc3)[CH-]N2c2ccccc21.Cc1cccc(C)c1B1N(C)c2ccc[c-]c2-c2nccn21.[Ir+3]. The van der Waals surface area contributed by atoms with Gasteiger partial charge in [-0.15, -0.1) is 36.6 Å². The number of para-hydroxylation sites is 2. The monoisotopic (exact) mass is 753 g/mol. The van der Waals surface area contributed by atoms with E-state index in [1.54, 1.807) is 0 Å². The number of benzene rings is 4. The normalized spacial score (nSPS) is 15.6. The number of hydrogen-bond acceptors (Lipinski definition) is 4. The van der Waals surface area contributed by atoms with E-state index in [2.05, 4.69) is 145 Å². The van der Waals surface area contributed by atoms with Gasteiger partial charge in [0.1, 0.15) is 0 Å². The first-order valence-corrected chi connectivity index (χ1v) is 14.9. The van der Waals surface area contributed by atoms with Crippen LogP contribution in [0, 0.1) is 32.6 Å². The summed E-state index contributed by atoms with van der Waals surface area (Å²) in [6.07, 6.45) is 7.21. The average molecular weight is 753 g/mol. The van der Waals surface area contributed by atoms with Crippen molar-refractivity contribution in [2.45, 2.75) is 39.5 Å². The molecule has 1 aromatic heterocycles. The first-order valence-electron chi connectivity index (χ1n) is 14.9. The van der Waals surface area contributed by atoms with Crippen LogP contribution in [-0.4, -0.2) is 23.5 Å². The zero-order chi connectivity index (χ0) is 29.7. The summed E-state index contributed by atoms with van der Waals surface area (Å²) in [6.45, 7) is 11.3. The van der Waals surface area contributed by atoms with Gasteiger partial charge in [0.25, 0.3) is 0 Å². The molecule has 0 aliphatic carbocycles. The molecule has 0 atom stereocenters. The van der Waals surface area contributed by atoms with Gasteiger partial charge in [-0.05, 0) is 56.0 Å². The average Bonchev–Trinajstić information content (AvgIpc) is 3.67. The fraction of sp³-hybridized carbons (Fsp3) is 0.189. The molecule has 0 fully saturated rings. The van der Waals surface area contributed by atoms with E-state index in [-0.39, 0.29) is 32.5 Å². The summed E-state index contributed by atoms with van der Waals surface area (Å²) < 4.78 is 2.24. The van der Waals surface area contributed by atoms with Crippen LogP contribution >= 0.6 is 0 Å². The van der Waals surface area contributed by atoms with Crippen molar-refractivity contribution < 1.29 is 20.1 Å². The number of allylic oxidation sites excluding steroid dienone is 1. The predicted molar refractivity (Wildman–Crippen MR) is 178 cm³/mol. The maximum absolute atomic E-state index is 4.57. The number of imidazole rings is 1. The van der Waals surface area contributed by atoms with Crippen molar-refractivity contribution in [3.8, 4) is 11.4 Å². The molecule has 3 aliphatic heterocycles. The molecule has 0 N–H and O–H groups in total. The molecule has 5 aromatic rings. The van der Waals surface area contributed by atoms with E-state index in [0.29, 0.717) is 0 Å². The fourth-order valence-electron chi connectivity index (χ4n) is 6.77. The third kappa shape index (κ3) is 5.08. The number of rotatable bonds is 2. The van der Waals surface area contributed by atoms with Crippen LogP contribution in [0.25, 0.3) is 11.4 Å². The Morgan fingerprint density at radius 2 is 1.59 bits per heavy atom. The van der Waals surface area contributed by atoms with Crippen LogP contribution in [0.2, 0.25) is 0 Å². The molecule has 0 saturated carbocycles. The van der Waals surface area contributed by atoms with Gasteiger partial charge in [-0.1, -0.05) is 72.6 Å². The number of anilines is 3. The van der Waals surface area contributed by atoms with Crippen LogP contribution in [0.4, 0.5) is 17.1 Å². The van der Waals surface area contributed by atoms with Gasteiger partial charge in [-0.3, -0.25) is 4.98 Å². The van der Waals surface area contributed by atoms with Crippen molar-refractivity contribution in [1.82, 2.24) is 9.46 Å². The quantitative estimate of drug-likeness (QED) is 0.142. The molecule has 4 aromatic carbocycles. The smallest absolute Gasteiger partial charge is 0.500 e. The van der Waals surface area contributed by atoms with Crippen molar-refractivity contribution in [1.29, 1.82) is 0 Å². The Hall–Kier alpha value is -4.06. The van der Waals surface area contributed by atoms with Crippen molar-refractivity contribution in [2.24, 2.45) is 0 Å². The molecule has 7 heteroatoms. The van der Waals surface area contributed by atoms with Crippen LogP contribution in [0.5, 0.6) is 0 Å². The van der Waals surface area contributed by atoms with Crippen LogP contribution in [0.15, 0.2) is 109 Å². The van der Waals surface area contributed by atoms with E-state index >= 15 is 0 Å². The summed E-state index contributed by atoms with van der Waals surface area (Å²) in [6, 6.07) is 36.0. The molecule has 220 valence electrons. The third-order valence-electron chi connectivity index (χ3n) is 8.86. The van der Waals surface area contributed by atoms with Gasteiger partial charge >= 0.3 is 27.1 Å². The number of fused-ring (bicyclic) bond motifs is 6. The van der Waals surface area contributed by atoms with Gasteiger partial charge in [0.2, 0.25) is 0 Å². The van der Waals surface area contributed by atoms with Crippen LogP contribution in [0.3, 0.4) is 0 Å². The number of aryl methyl sites for hydroxylation is 2. The van der Waals surface area contributed by atoms with Crippen molar-refractivity contribution in [3.63, 3.8) is 0 Å². The predicted octanol–water partition coefficient (Wildman–Crippen LogP) is 7.11. The second kappa shape index (κ2) is 11.8. The molecule has 44 heavy (non-hydrogen) atoms. The summed E-state index contributed by atoms with van der Waals surface area (Å²) in [7, 11) is 2.14. The fourth-order valence-corrected chi connectivity index (χ4v) is 6.77. The van der Waals surface area contributed by atoms with E-state index < -0.39 is 0 Å². The van der Waals surface area contributed by atoms with E-state index in [1.165, 1.54) is 39.2 Å². The molecule has 8 rings (SSSR count). The summed E-state index contributed by atoms with van der Waals surface area (Å²) in [4.78, 5) is 11.4. The maximum atomic E-state index is 4.57. The molecule has 4 heterocycles. The van der Waals surface area contributed by atoms with Crippen molar-refractivity contribution in [3.05, 3.63) is 145 Å². The summed E-state index contributed by atoms with van der Waals surface area (Å²) in [5.41, 5.74) is 11.5. The zero-order valence-electron chi connectivity index (χ0n) is 25.7. The van der Waals surface area contributed by atoms with E-state index in [0.717, 1.165) is 23.5 Å². The van der Waals surface area contributed by atoms with Crippen molar-refractivity contribution >= 4 is 29.5 Å². The molecular weight excluding hydrogens is 717 g/mol. The summed E-state index contributed by atoms with van der Waals surface area (Å²) in [5, 5.41) is 0. The summed E-state index contributed by atoms with van der Waals surface area (Å²) >= 11 is 0. The Morgan fingerprint density at radius 3 is 2.36 bits per heavy atom. The molecule has 0 amide bonds. The third-order valence-corrected chi connectivity index (χ3v) is 8.86. The first-order chi connectivity index (χ1) is 20.8. The molecule has 3 aliphatic rings. The molecule has 5 nitrogen and oxygen atoms in total. The first kappa shape index (κ1) is 30.0. The maximum Gasteiger partial charge on any atom is 3.00 e. The van der Waals surface area contributed by atoms with Gasteiger partial charge in [0.05, 0.1) is 0 Å². The Kier molecular flexibility index (Phi) is 8.04. The molecule has 0 radical (unpaired) electrons. The Bertz CT molecular complexity index is 1810. The molecule has 0 unspecified atom stereocenters.